The van der Waals surface area contributed by atoms with E-state index in [1.807, 2.05) is 0 Å². The van der Waals surface area contributed by atoms with Gasteiger partial charge in [0, 0.05) is 55.1 Å². The number of anilines is 3. The third kappa shape index (κ3) is 6.09. The summed E-state index contributed by atoms with van der Waals surface area (Å²) >= 11 is 0. The topological polar surface area (TPSA) is 13.1 Å². The Hall–Kier alpha value is -6.78. The molecule has 8 aromatic carbocycles. The zero-order valence-electron chi connectivity index (χ0n) is 44.3. The number of benzene rings is 8. The van der Waals surface area contributed by atoms with Crippen LogP contribution in [0, 0.1) is 6.92 Å². The maximum Gasteiger partial charge on any atom is 0.247 e. The van der Waals surface area contributed by atoms with Crippen LogP contribution in [0.25, 0.3) is 55.0 Å². The highest BCUT2D eigenvalue weighted by Gasteiger charge is 2.48. The van der Waals surface area contributed by atoms with Crippen molar-refractivity contribution in [2.45, 2.75) is 124 Å². The van der Waals surface area contributed by atoms with Crippen LogP contribution in [0.1, 0.15) is 135 Å². The number of nitrogens with zero attached hydrogens (tertiary/aromatic N) is 3. The van der Waals surface area contributed by atoms with Gasteiger partial charge in [0.2, 0.25) is 6.71 Å². The first-order valence-electron chi connectivity index (χ1n) is 26.0. The summed E-state index contributed by atoms with van der Waals surface area (Å²) in [5, 5.41) is 5.25. The van der Waals surface area contributed by atoms with E-state index in [0.29, 0.717) is 0 Å². The van der Waals surface area contributed by atoms with E-state index in [4.69, 9.17) is 0 Å². The fourth-order valence-electron chi connectivity index (χ4n) is 13.2. The first-order chi connectivity index (χ1) is 33.5. The lowest BCUT2D eigenvalue weighted by atomic mass is 9.30. The zero-order valence-corrected chi connectivity index (χ0v) is 44.3. The highest BCUT2D eigenvalue weighted by atomic mass is 15.2. The molecule has 3 nitrogen and oxygen atoms in total. The van der Waals surface area contributed by atoms with E-state index < -0.39 is 0 Å². The Morgan fingerprint density at radius 2 is 1.00 bits per heavy atom. The highest BCUT2D eigenvalue weighted by molar-refractivity contribution is 6.99. The van der Waals surface area contributed by atoms with Crippen molar-refractivity contribution >= 4 is 83.8 Å². The second-order valence-corrected chi connectivity index (χ2v) is 25.6. The number of hydrogen-bond donors (Lipinski definition) is 0. The van der Waals surface area contributed by atoms with Gasteiger partial charge in [-0.2, -0.15) is 0 Å². The third-order valence-corrected chi connectivity index (χ3v) is 17.2. The molecule has 0 unspecified atom stereocenters. The summed E-state index contributed by atoms with van der Waals surface area (Å²) < 4.78 is 5.14. The zero-order chi connectivity index (χ0) is 49.6. The van der Waals surface area contributed by atoms with Crippen molar-refractivity contribution in [3.63, 3.8) is 0 Å². The molecule has 0 atom stereocenters. The van der Waals surface area contributed by atoms with Crippen LogP contribution in [0.4, 0.5) is 17.1 Å². The first kappa shape index (κ1) is 44.2. The average Bonchev–Trinajstić information content (AvgIpc) is 3.82. The molecule has 0 fully saturated rings. The predicted octanol–water partition coefficient (Wildman–Crippen LogP) is 15.7. The average molecular weight is 924 g/mol. The Morgan fingerprint density at radius 3 is 1.70 bits per heavy atom. The maximum absolute atomic E-state index is 2.65. The fraction of sp³-hybridized carbons (Fsp3) is 0.284. The molecule has 2 aromatic heterocycles. The molecule has 3 aliphatic rings. The van der Waals surface area contributed by atoms with E-state index in [9.17, 15) is 0 Å². The van der Waals surface area contributed by atoms with Gasteiger partial charge in [-0.1, -0.05) is 180 Å². The Labute approximate surface area is 421 Å². The Morgan fingerprint density at radius 1 is 0.394 bits per heavy atom. The van der Waals surface area contributed by atoms with Gasteiger partial charge in [-0.15, -0.1) is 0 Å². The van der Waals surface area contributed by atoms with Gasteiger partial charge >= 0.3 is 0 Å². The summed E-state index contributed by atoms with van der Waals surface area (Å²) in [6, 6.07) is 57.3. The predicted molar refractivity (Wildman–Crippen MR) is 306 cm³/mol. The van der Waals surface area contributed by atoms with Gasteiger partial charge in [-0.05, 0) is 139 Å². The van der Waals surface area contributed by atoms with Crippen molar-refractivity contribution in [1.29, 1.82) is 0 Å². The molecule has 0 saturated heterocycles. The van der Waals surface area contributed by atoms with Crippen LogP contribution in [-0.4, -0.2) is 15.8 Å². The largest absolute Gasteiger partial charge is 0.311 e. The van der Waals surface area contributed by atoms with Crippen molar-refractivity contribution in [2.75, 3.05) is 4.90 Å². The molecule has 0 saturated carbocycles. The summed E-state index contributed by atoms with van der Waals surface area (Å²) in [6.07, 6.45) is 0. The fourth-order valence-corrected chi connectivity index (χ4v) is 13.2. The van der Waals surface area contributed by atoms with Crippen LogP contribution in [0.2, 0.25) is 0 Å². The molecule has 0 aliphatic carbocycles. The Balaban J connectivity index is 1.19. The van der Waals surface area contributed by atoms with Crippen LogP contribution in [0.5, 0.6) is 0 Å². The monoisotopic (exact) mass is 924 g/mol. The molecular weight excluding hydrogens is 858 g/mol. The minimum Gasteiger partial charge on any atom is -0.311 e. The van der Waals surface area contributed by atoms with Gasteiger partial charge in [-0.3, -0.25) is 0 Å². The molecule has 13 rings (SSSR count). The summed E-state index contributed by atoms with van der Waals surface area (Å²) in [6.45, 7) is 33.3. The van der Waals surface area contributed by atoms with Crippen LogP contribution >= 0.6 is 0 Å². The number of rotatable bonds is 2. The molecule has 3 aliphatic heterocycles. The van der Waals surface area contributed by atoms with E-state index in [0.717, 1.165) is 0 Å². The van der Waals surface area contributed by atoms with Crippen LogP contribution in [0.3, 0.4) is 0 Å². The van der Waals surface area contributed by atoms with Gasteiger partial charge in [0.15, 0.2) is 0 Å². The van der Waals surface area contributed by atoms with Gasteiger partial charge in [0.1, 0.15) is 0 Å². The van der Waals surface area contributed by atoms with Crippen LogP contribution in [-0.2, 0) is 27.1 Å². The standard InChI is InChI=1S/C67H66BN3/c1-39-30-51-61-60(31-39)70(44-27-24-40(25-28-44)63(2,3)4)59-38-58-47(48-32-42(65(8,9)10)34-52-62(48)71(58)56-29-26-41(64(5,6)7)33-50(56)67(52,13)14)36-54(59)68(61)53-35-46-45-22-18-19-23-55(45)69(43-20-16-15-17-21-43)57(46)37-49(53)66(51,11)12/h15-38H,1-14H3. The third-order valence-electron chi connectivity index (χ3n) is 17.2. The smallest absolute Gasteiger partial charge is 0.247 e. The summed E-state index contributed by atoms with van der Waals surface area (Å²) in [5.74, 6) is 0. The minimum atomic E-state index is -0.288. The molecule has 10 aromatic rings. The van der Waals surface area contributed by atoms with E-state index in [1.165, 1.54) is 133 Å². The lowest BCUT2D eigenvalue weighted by Crippen LogP contribution is -2.64. The number of hydrogen-bond acceptors (Lipinski definition) is 1. The highest BCUT2D eigenvalue weighted by Crippen LogP contribution is 2.52. The second kappa shape index (κ2) is 14.2. The van der Waals surface area contributed by atoms with Gasteiger partial charge < -0.3 is 14.0 Å². The molecule has 0 spiro atoms. The quantitative estimate of drug-likeness (QED) is 0.158. The lowest BCUT2D eigenvalue weighted by molar-refractivity contribution is 0.573. The first-order valence-corrected chi connectivity index (χ1v) is 26.0. The number of aromatic nitrogens is 2. The van der Waals surface area contributed by atoms with E-state index >= 15 is 0 Å². The molecule has 0 radical (unpaired) electrons. The van der Waals surface area contributed by atoms with Crippen LogP contribution < -0.4 is 21.3 Å². The number of fused-ring (bicyclic) bond motifs is 12. The normalized spacial score (nSPS) is 15.6. The molecule has 352 valence electrons. The van der Waals surface area contributed by atoms with Gasteiger partial charge in [-0.25, -0.2) is 0 Å². The molecule has 0 bridgehead atoms. The second-order valence-electron chi connectivity index (χ2n) is 25.6. The van der Waals surface area contributed by atoms with Gasteiger partial charge in [0.05, 0.1) is 27.8 Å². The molecule has 0 amide bonds. The Kier molecular flexibility index (Phi) is 8.85. The molecule has 0 N–H and O–H groups in total. The summed E-state index contributed by atoms with van der Waals surface area (Å²) in [7, 11) is 0. The van der Waals surface area contributed by atoms with Crippen molar-refractivity contribution in [3.8, 4) is 11.4 Å². The van der Waals surface area contributed by atoms with E-state index in [1.54, 1.807) is 0 Å². The maximum atomic E-state index is 2.65. The molecule has 71 heavy (non-hydrogen) atoms. The lowest BCUT2D eigenvalue weighted by Gasteiger charge is -2.46. The minimum absolute atomic E-state index is 0.00299. The van der Waals surface area contributed by atoms with Crippen LogP contribution in [0.15, 0.2) is 146 Å². The number of para-hydroxylation sites is 2. The molecular formula is C67H66BN3. The SMILES string of the molecule is Cc1cc2c3c(c1)C(C)(C)c1cc4c(cc1B3c1cc3c5cc(C(C)(C)C)cc6c5n(c3cc1N2c1ccc(C(C)(C)C)cc1)-c1ccc(C(C)(C)C)cc1C6(C)C)c1ccccc1n4-c1ccccc1. The van der Waals surface area contributed by atoms with Crippen molar-refractivity contribution in [1.82, 2.24) is 9.13 Å². The summed E-state index contributed by atoms with van der Waals surface area (Å²) in [4.78, 5) is 2.63. The van der Waals surface area contributed by atoms with Crippen molar-refractivity contribution in [3.05, 3.63) is 190 Å². The van der Waals surface area contributed by atoms with Gasteiger partial charge in [0.25, 0.3) is 0 Å². The number of aryl methyl sites for hydroxylation is 1. The van der Waals surface area contributed by atoms with E-state index in [2.05, 4.69) is 257 Å². The van der Waals surface area contributed by atoms with Crippen molar-refractivity contribution < 1.29 is 0 Å². The molecule has 5 heterocycles. The van der Waals surface area contributed by atoms with Crippen molar-refractivity contribution in [2.24, 2.45) is 0 Å². The Bertz CT molecular complexity index is 3930. The van der Waals surface area contributed by atoms with E-state index in [-0.39, 0.29) is 33.8 Å². The molecule has 4 heteroatoms. The summed E-state index contributed by atoms with van der Waals surface area (Å²) in [5.41, 5.74) is 26.0.